The lowest BCUT2D eigenvalue weighted by Crippen LogP contribution is -3.00. The summed E-state index contributed by atoms with van der Waals surface area (Å²) >= 11 is 0. The fraction of sp³-hybridized carbons (Fsp3) is 0.0952. The lowest BCUT2D eigenvalue weighted by molar-refractivity contribution is -0.634. The predicted octanol–water partition coefficient (Wildman–Crippen LogP) is 0.415. The molecule has 0 radical (unpaired) electrons. The maximum Gasteiger partial charge on any atom is 0.308 e. The zero-order valence-corrected chi connectivity index (χ0v) is 15.9. The Morgan fingerprint density at radius 3 is 2.38 bits per heavy atom. The first-order valence-electron chi connectivity index (χ1n) is 8.22. The number of ketones is 1. The van der Waals surface area contributed by atoms with E-state index in [4.69, 9.17) is 0 Å². The Bertz CT molecular complexity index is 1040. The maximum absolute atomic E-state index is 12.8. The highest BCUT2D eigenvalue weighted by Crippen LogP contribution is 2.22. The van der Waals surface area contributed by atoms with Crippen LogP contribution < -0.4 is 21.5 Å². The molecule has 0 aliphatic rings. The molecule has 0 N–H and O–H groups in total. The third-order valence-electron chi connectivity index (χ3n) is 4.40. The van der Waals surface area contributed by atoms with Crippen LogP contribution >= 0.6 is 0 Å². The highest BCUT2D eigenvalue weighted by molar-refractivity contribution is 5.96. The maximum atomic E-state index is 12.8. The Labute approximate surface area is 162 Å². The van der Waals surface area contributed by atoms with Crippen molar-refractivity contribution in [3.8, 4) is 11.5 Å². The standard InChI is InChI=1S/C21H18N3O.BrH/c1-23-18-12-5-6-13-19(18)24(21(23)17-11-7-8-14-22-17)15-20(25)16-9-3-2-4-10-16;/h2-14H,15H2,1H3;1H/q+1;/p-1. The van der Waals surface area contributed by atoms with Crippen molar-refractivity contribution in [1.82, 2.24) is 9.55 Å². The molecule has 0 atom stereocenters. The zero-order valence-electron chi connectivity index (χ0n) is 14.3. The van der Waals surface area contributed by atoms with Crippen LogP contribution in [0.2, 0.25) is 0 Å². The van der Waals surface area contributed by atoms with Gasteiger partial charge in [-0.15, -0.1) is 0 Å². The fourth-order valence-corrected chi connectivity index (χ4v) is 3.21. The Kier molecular flexibility index (Phi) is 5.28. The van der Waals surface area contributed by atoms with Gasteiger partial charge in [-0.1, -0.05) is 48.5 Å². The second kappa shape index (κ2) is 7.62. The van der Waals surface area contributed by atoms with Crippen LogP contribution in [0, 0.1) is 0 Å². The molecule has 0 fully saturated rings. The number of Topliss-reactive ketones (excluding diaryl/α,β-unsaturated/α-hetero) is 1. The number of rotatable bonds is 4. The van der Waals surface area contributed by atoms with Gasteiger partial charge >= 0.3 is 5.82 Å². The average molecular weight is 408 g/mol. The van der Waals surface area contributed by atoms with Crippen LogP contribution in [0.3, 0.4) is 0 Å². The van der Waals surface area contributed by atoms with Gasteiger partial charge in [-0.2, -0.15) is 0 Å². The topological polar surface area (TPSA) is 38.8 Å². The van der Waals surface area contributed by atoms with Crippen LogP contribution in [0.4, 0.5) is 0 Å². The van der Waals surface area contributed by atoms with Crippen LogP contribution in [0.25, 0.3) is 22.6 Å². The molecule has 0 saturated carbocycles. The van der Waals surface area contributed by atoms with Crippen LogP contribution in [0.15, 0.2) is 79.0 Å². The molecule has 0 aliphatic heterocycles. The summed E-state index contributed by atoms with van der Waals surface area (Å²) in [6.07, 6.45) is 1.77. The fourth-order valence-electron chi connectivity index (χ4n) is 3.21. The third-order valence-corrected chi connectivity index (χ3v) is 4.40. The van der Waals surface area contributed by atoms with Gasteiger partial charge in [0.1, 0.15) is 0 Å². The molecule has 4 aromatic rings. The van der Waals surface area contributed by atoms with Gasteiger partial charge in [0.05, 0.1) is 7.05 Å². The van der Waals surface area contributed by atoms with E-state index in [-0.39, 0.29) is 29.3 Å². The van der Waals surface area contributed by atoms with Crippen molar-refractivity contribution < 1.29 is 26.3 Å². The smallest absolute Gasteiger partial charge is 0.308 e. The van der Waals surface area contributed by atoms with Crippen molar-refractivity contribution >= 4 is 16.8 Å². The molecule has 0 bridgehead atoms. The summed E-state index contributed by atoms with van der Waals surface area (Å²) < 4.78 is 4.14. The number of halogens is 1. The minimum atomic E-state index is 0. The van der Waals surface area contributed by atoms with E-state index in [0.29, 0.717) is 0 Å². The Hall–Kier alpha value is -2.79. The summed E-state index contributed by atoms with van der Waals surface area (Å²) in [6.45, 7) is 0.275. The van der Waals surface area contributed by atoms with E-state index in [2.05, 4.69) is 15.6 Å². The first-order valence-corrected chi connectivity index (χ1v) is 8.22. The van der Waals surface area contributed by atoms with E-state index in [1.165, 1.54) is 0 Å². The monoisotopic (exact) mass is 407 g/mol. The van der Waals surface area contributed by atoms with Crippen LogP contribution in [0.5, 0.6) is 0 Å². The van der Waals surface area contributed by atoms with E-state index in [1.54, 1.807) is 6.20 Å². The normalized spacial score (nSPS) is 10.5. The molecule has 130 valence electrons. The number of nitrogens with zero attached hydrogens (tertiary/aromatic N) is 3. The minimum absolute atomic E-state index is 0. The number of benzene rings is 2. The molecule has 0 spiro atoms. The Morgan fingerprint density at radius 1 is 0.962 bits per heavy atom. The molecule has 2 aromatic carbocycles. The summed E-state index contributed by atoms with van der Waals surface area (Å²) in [5.41, 5.74) is 3.66. The molecular formula is C21H18BrN3O. The number of aromatic nitrogens is 3. The van der Waals surface area contributed by atoms with Crippen LogP contribution in [-0.2, 0) is 13.6 Å². The number of imidazole rings is 1. The molecule has 0 saturated heterocycles. The second-order valence-corrected chi connectivity index (χ2v) is 5.96. The third kappa shape index (κ3) is 3.18. The Morgan fingerprint density at radius 2 is 1.65 bits per heavy atom. The number of aryl methyl sites for hydroxylation is 1. The predicted molar refractivity (Wildman–Crippen MR) is 97.1 cm³/mol. The molecule has 2 aromatic heterocycles. The van der Waals surface area contributed by atoms with Crippen molar-refractivity contribution in [1.29, 1.82) is 0 Å². The van der Waals surface area contributed by atoms with Gasteiger partial charge in [0.2, 0.25) is 5.78 Å². The summed E-state index contributed by atoms with van der Waals surface area (Å²) in [5.74, 6) is 1.00. The van der Waals surface area contributed by atoms with Crippen molar-refractivity contribution in [3.05, 3.63) is 84.6 Å². The summed E-state index contributed by atoms with van der Waals surface area (Å²) in [7, 11) is 2.01. The summed E-state index contributed by atoms with van der Waals surface area (Å²) in [4.78, 5) is 17.3. The zero-order chi connectivity index (χ0) is 17.2. The number of fused-ring (bicyclic) bond motifs is 1. The van der Waals surface area contributed by atoms with E-state index in [1.807, 2.05) is 78.3 Å². The van der Waals surface area contributed by atoms with E-state index in [0.717, 1.165) is 28.1 Å². The van der Waals surface area contributed by atoms with Gasteiger partial charge < -0.3 is 17.0 Å². The number of pyridine rings is 1. The minimum Gasteiger partial charge on any atom is -1.00 e. The lowest BCUT2D eigenvalue weighted by Gasteiger charge is -2.03. The second-order valence-electron chi connectivity index (χ2n) is 5.96. The number of carbonyl (C=O) groups excluding carboxylic acids is 1. The number of hydrogen-bond donors (Lipinski definition) is 0. The van der Waals surface area contributed by atoms with Gasteiger partial charge in [0, 0.05) is 11.8 Å². The summed E-state index contributed by atoms with van der Waals surface area (Å²) in [6, 6.07) is 23.3. The van der Waals surface area contributed by atoms with Crippen molar-refractivity contribution in [2.45, 2.75) is 6.54 Å². The van der Waals surface area contributed by atoms with Crippen molar-refractivity contribution in [2.24, 2.45) is 7.05 Å². The first kappa shape index (κ1) is 18.0. The van der Waals surface area contributed by atoms with E-state index in [9.17, 15) is 4.79 Å². The number of hydrogen-bond acceptors (Lipinski definition) is 2. The average Bonchev–Trinajstić information content (AvgIpc) is 2.95. The number of carbonyl (C=O) groups is 1. The highest BCUT2D eigenvalue weighted by Gasteiger charge is 2.26. The van der Waals surface area contributed by atoms with Gasteiger partial charge in [-0.05, 0) is 24.3 Å². The largest absolute Gasteiger partial charge is 1.00 e. The number of para-hydroxylation sites is 2. The van der Waals surface area contributed by atoms with Crippen molar-refractivity contribution in [3.63, 3.8) is 0 Å². The van der Waals surface area contributed by atoms with Crippen molar-refractivity contribution in [2.75, 3.05) is 0 Å². The summed E-state index contributed by atoms with van der Waals surface area (Å²) in [5, 5.41) is 0. The lowest BCUT2D eigenvalue weighted by atomic mass is 10.1. The molecular weight excluding hydrogens is 390 g/mol. The first-order chi connectivity index (χ1) is 12.3. The van der Waals surface area contributed by atoms with Gasteiger partial charge in [0.25, 0.3) is 0 Å². The van der Waals surface area contributed by atoms with Gasteiger partial charge in [0.15, 0.2) is 23.3 Å². The Balaban J connectivity index is 0.00000196. The molecule has 26 heavy (non-hydrogen) atoms. The molecule has 4 nitrogen and oxygen atoms in total. The van der Waals surface area contributed by atoms with E-state index < -0.39 is 0 Å². The van der Waals surface area contributed by atoms with Gasteiger partial charge in [-0.25, -0.2) is 14.1 Å². The quantitative estimate of drug-likeness (QED) is 0.363. The highest BCUT2D eigenvalue weighted by atomic mass is 79.9. The van der Waals surface area contributed by atoms with E-state index >= 15 is 0 Å². The molecule has 2 heterocycles. The molecule has 0 amide bonds. The molecule has 4 rings (SSSR count). The van der Waals surface area contributed by atoms with Gasteiger partial charge in [-0.3, -0.25) is 4.79 Å². The molecule has 0 unspecified atom stereocenters. The molecule has 0 aliphatic carbocycles. The molecule has 5 heteroatoms. The SMILES string of the molecule is C[n+]1c(-c2ccccn2)n(CC(=O)c2ccccc2)c2ccccc21.[Br-]. The van der Waals surface area contributed by atoms with Crippen LogP contribution in [-0.4, -0.2) is 15.3 Å². The van der Waals surface area contributed by atoms with Crippen LogP contribution in [0.1, 0.15) is 10.4 Å².